The van der Waals surface area contributed by atoms with E-state index in [1.807, 2.05) is 30.3 Å². The molecule has 0 radical (unpaired) electrons. The summed E-state index contributed by atoms with van der Waals surface area (Å²) in [6, 6.07) is 9.40. The van der Waals surface area contributed by atoms with E-state index in [0.29, 0.717) is 37.8 Å². The zero-order valence-electron chi connectivity index (χ0n) is 16.4. The van der Waals surface area contributed by atoms with Gasteiger partial charge in [0, 0.05) is 13.1 Å². The van der Waals surface area contributed by atoms with E-state index in [4.69, 9.17) is 0 Å². The summed E-state index contributed by atoms with van der Waals surface area (Å²) in [6.45, 7) is 7.21. The Bertz CT molecular complexity index is 711. The Kier molecular flexibility index (Phi) is 5.53. The molecule has 2 fully saturated rings. The van der Waals surface area contributed by atoms with Crippen LogP contribution >= 0.6 is 0 Å². The van der Waals surface area contributed by atoms with Gasteiger partial charge in [0.1, 0.15) is 12.1 Å². The van der Waals surface area contributed by atoms with Crippen molar-refractivity contribution in [3.63, 3.8) is 0 Å². The monoisotopic (exact) mass is 371 g/mol. The predicted octanol–water partition coefficient (Wildman–Crippen LogP) is 2.43. The van der Waals surface area contributed by atoms with Crippen LogP contribution in [0.1, 0.15) is 39.2 Å². The minimum atomic E-state index is -0.963. The van der Waals surface area contributed by atoms with Crippen molar-refractivity contribution < 1.29 is 14.4 Å². The molecule has 2 saturated heterocycles. The number of rotatable bonds is 5. The number of piperidine rings is 1. The van der Waals surface area contributed by atoms with Crippen molar-refractivity contribution in [3.8, 4) is 0 Å². The molecule has 4 amide bonds. The Morgan fingerprint density at radius 3 is 2.41 bits per heavy atom. The Hall–Kier alpha value is -2.37. The first-order valence-corrected chi connectivity index (χ1v) is 9.74. The number of amides is 4. The highest BCUT2D eigenvalue weighted by Crippen LogP contribution is 2.25. The fourth-order valence-electron chi connectivity index (χ4n) is 4.20. The minimum Gasteiger partial charge on any atom is -0.341 e. The smallest absolute Gasteiger partial charge is 0.325 e. The SMILES string of the molecule is C[C@H]1C[C@H](C)CN(C(=O)CN2C(=O)N[C@](C)(CCc3ccccc3)C2=O)C1. The minimum absolute atomic E-state index is 0.149. The fourth-order valence-corrected chi connectivity index (χ4v) is 4.20. The topological polar surface area (TPSA) is 69.7 Å². The summed E-state index contributed by atoms with van der Waals surface area (Å²) in [5, 5.41) is 2.79. The Balaban J connectivity index is 1.62. The number of benzene rings is 1. The van der Waals surface area contributed by atoms with Gasteiger partial charge in [-0.2, -0.15) is 0 Å². The van der Waals surface area contributed by atoms with Gasteiger partial charge < -0.3 is 10.2 Å². The van der Waals surface area contributed by atoms with Gasteiger partial charge in [0.05, 0.1) is 0 Å². The highest BCUT2D eigenvalue weighted by Gasteiger charge is 2.48. The third kappa shape index (κ3) is 4.31. The van der Waals surface area contributed by atoms with E-state index >= 15 is 0 Å². The van der Waals surface area contributed by atoms with E-state index in [0.717, 1.165) is 16.9 Å². The van der Waals surface area contributed by atoms with Gasteiger partial charge in [-0.05, 0) is 43.6 Å². The van der Waals surface area contributed by atoms with Crippen molar-refractivity contribution >= 4 is 17.8 Å². The lowest BCUT2D eigenvalue weighted by Gasteiger charge is -2.35. The molecule has 0 aromatic heterocycles. The highest BCUT2D eigenvalue weighted by atomic mass is 16.2. The zero-order valence-corrected chi connectivity index (χ0v) is 16.4. The number of nitrogens with zero attached hydrogens (tertiary/aromatic N) is 2. The first-order valence-electron chi connectivity index (χ1n) is 9.74. The van der Waals surface area contributed by atoms with Crippen molar-refractivity contribution in [1.82, 2.24) is 15.1 Å². The summed E-state index contributed by atoms with van der Waals surface area (Å²) >= 11 is 0. The lowest BCUT2D eigenvalue weighted by atomic mass is 9.92. The van der Waals surface area contributed by atoms with E-state index in [2.05, 4.69) is 19.2 Å². The van der Waals surface area contributed by atoms with Crippen LogP contribution in [0.3, 0.4) is 0 Å². The molecule has 2 aliphatic rings. The van der Waals surface area contributed by atoms with Gasteiger partial charge in [-0.15, -0.1) is 0 Å². The Labute approximate surface area is 160 Å². The fraction of sp³-hybridized carbons (Fsp3) is 0.571. The van der Waals surface area contributed by atoms with Crippen LogP contribution < -0.4 is 5.32 Å². The van der Waals surface area contributed by atoms with Crippen LogP contribution in [0, 0.1) is 11.8 Å². The molecule has 0 saturated carbocycles. The summed E-state index contributed by atoms with van der Waals surface area (Å²) in [5.74, 6) is 0.424. The van der Waals surface area contributed by atoms with Gasteiger partial charge in [0.2, 0.25) is 5.91 Å². The number of carbonyl (C=O) groups is 3. The number of imide groups is 1. The quantitative estimate of drug-likeness (QED) is 0.808. The molecule has 3 atom stereocenters. The third-order valence-electron chi connectivity index (χ3n) is 5.62. The second-order valence-electron chi connectivity index (χ2n) is 8.38. The zero-order chi connectivity index (χ0) is 19.6. The molecule has 0 bridgehead atoms. The van der Waals surface area contributed by atoms with Gasteiger partial charge in [-0.3, -0.25) is 14.5 Å². The van der Waals surface area contributed by atoms with Crippen LogP contribution in [0.5, 0.6) is 0 Å². The van der Waals surface area contributed by atoms with Crippen LogP contribution in [-0.2, 0) is 16.0 Å². The first kappa shape index (κ1) is 19.4. The molecule has 3 rings (SSSR count). The van der Waals surface area contributed by atoms with E-state index in [-0.39, 0.29) is 18.4 Å². The maximum Gasteiger partial charge on any atom is 0.325 e. The van der Waals surface area contributed by atoms with Gasteiger partial charge >= 0.3 is 6.03 Å². The van der Waals surface area contributed by atoms with E-state index in [1.165, 1.54) is 0 Å². The van der Waals surface area contributed by atoms with E-state index in [1.54, 1.807) is 11.8 Å². The van der Waals surface area contributed by atoms with Crippen molar-refractivity contribution in [2.75, 3.05) is 19.6 Å². The molecule has 6 heteroatoms. The average Bonchev–Trinajstić information content (AvgIpc) is 2.83. The predicted molar refractivity (Wildman–Crippen MR) is 103 cm³/mol. The number of carbonyl (C=O) groups excluding carboxylic acids is 3. The van der Waals surface area contributed by atoms with Gasteiger partial charge in [0.15, 0.2) is 0 Å². The van der Waals surface area contributed by atoms with Gasteiger partial charge in [-0.25, -0.2) is 4.79 Å². The Morgan fingerprint density at radius 1 is 1.15 bits per heavy atom. The summed E-state index contributed by atoms with van der Waals surface area (Å²) in [5.41, 5.74) is 0.155. The van der Waals surface area contributed by atoms with Gasteiger partial charge in [-0.1, -0.05) is 44.2 Å². The molecule has 2 aliphatic heterocycles. The number of hydrogen-bond donors (Lipinski definition) is 1. The average molecular weight is 371 g/mol. The maximum absolute atomic E-state index is 12.9. The number of hydrogen-bond acceptors (Lipinski definition) is 3. The second-order valence-corrected chi connectivity index (χ2v) is 8.38. The first-order chi connectivity index (χ1) is 12.8. The highest BCUT2D eigenvalue weighted by molar-refractivity contribution is 6.08. The maximum atomic E-state index is 12.9. The van der Waals surface area contributed by atoms with Crippen LogP contribution in [-0.4, -0.2) is 52.8 Å². The molecule has 0 spiro atoms. The normalized spacial score (nSPS) is 28.4. The molecule has 2 heterocycles. The number of nitrogens with one attached hydrogen (secondary N) is 1. The molecule has 0 unspecified atom stereocenters. The molecule has 1 aromatic carbocycles. The van der Waals surface area contributed by atoms with Crippen LogP contribution in [0.4, 0.5) is 4.79 Å². The lowest BCUT2D eigenvalue weighted by Crippen LogP contribution is -2.49. The Morgan fingerprint density at radius 2 is 1.78 bits per heavy atom. The van der Waals surface area contributed by atoms with Crippen LogP contribution in [0.25, 0.3) is 0 Å². The number of urea groups is 1. The molecule has 27 heavy (non-hydrogen) atoms. The van der Waals surface area contributed by atoms with E-state index < -0.39 is 11.6 Å². The summed E-state index contributed by atoms with van der Waals surface area (Å²) in [4.78, 5) is 40.8. The molecule has 0 aliphatic carbocycles. The van der Waals surface area contributed by atoms with Crippen LogP contribution in [0.15, 0.2) is 30.3 Å². The summed E-state index contributed by atoms with van der Waals surface area (Å²) in [6.07, 6.45) is 2.29. The lowest BCUT2D eigenvalue weighted by molar-refractivity contribution is -0.140. The van der Waals surface area contributed by atoms with E-state index in [9.17, 15) is 14.4 Å². The molecular weight excluding hydrogens is 342 g/mol. The largest absolute Gasteiger partial charge is 0.341 e. The standard InChI is InChI=1S/C21H29N3O3/c1-15-11-16(2)13-23(12-15)18(25)14-24-19(26)21(3,22-20(24)27)10-9-17-7-5-4-6-8-17/h4-8,15-16H,9-14H2,1-3H3,(H,22,27)/t15-,16-,21+/m0/s1. The molecule has 1 aromatic rings. The van der Waals surface area contributed by atoms with Crippen molar-refractivity contribution in [3.05, 3.63) is 35.9 Å². The van der Waals surface area contributed by atoms with Gasteiger partial charge in [0.25, 0.3) is 5.91 Å². The number of aryl methyl sites for hydroxylation is 1. The second kappa shape index (κ2) is 7.71. The molecular formula is C21H29N3O3. The van der Waals surface area contributed by atoms with Crippen molar-refractivity contribution in [2.45, 2.75) is 45.6 Å². The molecule has 1 N–H and O–H groups in total. The summed E-state index contributed by atoms with van der Waals surface area (Å²) in [7, 11) is 0. The summed E-state index contributed by atoms with van der Waals surface area (Å²) < 4.78 is 0. The number of likely N-dealkylation sites (tertiary alicyclic amines) is 1. The van der Waals surface area contributed by atoms with Crippen LogP contribution in [0.2, 0.25) is 0 Å². The van der Waals surface area contributed by atoms with Crippen molar-refractivity contribution in [1.29, 1.82) is 0 Å². The molecule has 6 nitrogen and oxygen atoms in total. The third-order valence-corrected chi connectivity index (χ3v) is 5.62. The van der Waals surface area contributed by atoms with Crippen molar-refractivity contribution in [2.24, 2.45) is 11.8 Å². The molecule has 146 valence electrons.